The molecule has 2 amide bonds. The van der Waals surface area contributed by atoms with Crippen LogP contribution in [-0.2, 0) is 9.53 Å². The zero-order valence-electron chi connectivity index (χ0n) is 15.0. The van der Waals surface area contributed by atoms with Crippen molar-refractivity contribution in [2.75, 3.05) is 6.61 Å². The summed E-state index contributed by atoms with van der Waals surface area (Å²) in [5.41, 5.74) is 0.794. The standard InChI is InChI=1S/C18H14F2N4O5/c1-10-14(15-21-7-2-8-24(15)23-10)17(27)28-9-13(25)22-16(26)11-3-5-12(6-4-11)29-18(19)20/h2-8,18H,9H2,1H3,(H,22,25,26). The number of carbonyl (C=O) groups excluding carboxylic acids is 3. The second-order valence-electron chi connectivity index (χ2n) is 5.70. The van der Waals surface area contributed by atoms with Crippen molar-refractivity contribution in [3.8, 4) is 5.75 Å². The van der Waals surface area contributed by atoms with Gasteiger partial charge in [0.25, 0.3) is 11.8 Å². The molecule has 9 nitrogen and oxygen atoms in total. The van der Waals surface area contributed by atoms with Gasteiger partial charge in [-0.1, -0.05) is 0 Å². The molecule has 1 aromatic carbocycles. The van der Waals surface area contributed by atoms with Crippen molar-refractivity contribution in [3.63, 3.8) is 0 Å². The van der Waals surface area contributed by atoms with Gasteiger partial charge >= 0.3 is 12.6 Å². The monoisotopic (exact) mass is 404 g/mol. The van der Waals surface area contributed by atoms with E-state index >= 15 is 0 Å². The third-order valence-electron chi connectivity index (χ3n) is 3.70. The summed E-state index contributed by atoms with van der Waals surface area (Å²) in [5, 5.41) is 6.14. The van der Waals surface area contributed by atoms with Gasteiger partial charge in [-0.3, -0.25) is 14.9 Å². The van der Waals surface area contributed by atoms with Crippen molar-refractivity contribution in [1.29, 1.82) is 0 Å². The Labute approximate surface area is 162 Å². The first kappa shape index (κ1) is 19.9. The van der Waals surface area contributed by atoms with Crippen LogP contribution in [0.25, 0.3) is 5.65 Å². The first-order valence-electron chi connectivity index (χ1n) is 8.21. The molecule has 150 valence electrons. The number of amides is 2. The number of rotatable bonds is 6. The van der Waals surface area contributed by atoms with Crippen LogP contribution in [0.1, 0.15) is 26.4 Å². The lowest BCUT2D eigenvalue weighted by atomic mass is 10.2. The lowest BCUT2D eigenvalue weighted by Gasteiger charge is -2.07. The number of ether oxygens (including phenoxy) is 2. The SMILES string of the molecule is Cc1nn2cccnc2c1C(=O)OCC(=O)NC(=O)c1ccc(OC(F)F)cc1. The fourth-order valence-electron chi connectivity index (χ4n) is 2.46. The first-order chi connectivity index (χ1) is 13.8. The normalized spacial score (nSPS) is 10.8. The molecule has 0 aliphatic carbocycles. The number of hydrogen-bond donors (Lipinski definition) is 1. The van der Waals surface area contributed by atoms with Crippen molar-refractivity contribution in [3.05, 3.63) is 59.5 Å². The van der Waals surface area contributed by atoms with E-state index in [2.05, 4.69) is 14.8 Å². The number of imide groups is 1. The predicted octanol–water partition coefficient (Wildman–Crippen LogP) is 1.75. The molecule has 0 saturated heterocycles. The van der Waals surface area contributed by atoms with Crippen LogP contribution in [-0.4, -0.2) is 45.6 Å². The maximum Gasteiger partial charge on any atom is 0.387 e. The molecule has 11 heteroatoms. The van der Waals surface area contributed by atoms with Crippen molar-refractivity contribution in [1.82, 2.24) is 19.9 Å². The molecule has 0 bridgehead atoms. The van der Waals surface area contributed by atoms with Gasteiger partial charge in [-0.15, -0.1) is 0 Å². The number of halogens is 2. The van der Waals surface area contributed by atoms with Gasteiger partial charge in [0.2, 0.25) is 0 Å². The van der Waals surface area contributed by atoms with E-state index in [-0.39, 0.29) is 22.5 Å². The lowest BCUT2D eigenvalue weighted by Crippen LogP contribution is -2.34. The largest absolute Gasteiger partial charge is 0.452 e. The van der Waals surface area contributed by atoms with Crippen LogP contribution in [0.3, 0.4) is 0 Å². The number of nitrogens with zero attached hydrogens (tertiary/aromatic N) is 3. The molecule has 0 fully saturated rings. The minimum atomic E-state index is -2.99. The van der Waals surface area contributed by atoms with E-state index in [9.17, 15) is 23.2 Å². The number of esters is 1. The van der Waals surface area contributed by atoms with Crippen LogP contribution in [0, 0.1) is 6.92 Å². The number of aryl methyl sites for hydroxylation is 1. The molecule has 0 aliphatic heterocycles. The molecule has 2 heterocycles. The molecule has 1 N–H and O–H groups in total. The Kier molecular flexibility index (Phi) is 5.77. The van der Waals surface area contributed by atoms with E-state index in [1.54, 1.807) is 19.2 Å². The topological polar surface area (TPSA) is 112 Å². The summed E-state index contributed by atoms with van der Waals surface area (Å²) in [6.45, 7) is -2.10. The number of hydrogen-bond acceptors (Lipinski definition) is 7. The minimum Gasteiger partial charge on any atom is -0.452 e. The van der Waals surface area contributed by atoms with Crippen LogP contribution in [0.4, 0.5) is 8.78 Å². The maximum atomic E-state index is 12.3. The summed E-state index contributed by atoms with van der Waals surface area (Å²) in [6.07, 6.45) is 3.09. The molecule has 0 spiro atoms. The molecule has 0 aliphatic rings. The van der Waals surface area contributed by atoms with Gasteiger partial charge in [0.1, 0.15) is 11.3 Å². The zero-order chi connectivity index (χ0) is 21.0. The molecule has 3 rings (SSSR count). The average Bonchev–Trinajstić information content (AvgIpc) is 3.02. The van der Waals surface area contributed by atoms with Crippen LogP contribution in [0.2, 0.25) is 0 Å². The van der Waals surface area contributed by atoms with Crippen LogP contribution >= 0.6 is 0 Å². The highest BCUT2D eigenvalue weighted by Crippen LogP contribution is 2.15. The summed E-state index contributed by atoms with van der Waals surface area (Å²) in [4.78, 5) is 40.2. The zero-order valence-corrected chi connectivity index (χ0v) is 15.0. The Morgan fingerprint density at radius 2 is 1.93 bits per heavy atom. The molecular formula is C18H14F2N4O5. The molecular weight excluding hydrogens is 390 g/mol. The predicted molar refractivity (Wildman–Crippen MR) is 93.6 cm³/mol. The number of aromatic nitrogens is 3. The summed E-state index contributed by atoms with van der Waals surface area (Å²) < 4.78 is 34.7. The van der Waals surface area contributed by atoms with Gasteiger partial charge in [0.15, 0.2) is 12.3 Å². The van der Waals surface area contributed by atoms with E-state index in [1.165, 1.54) is 22.8 Å². The molecule has 29 heavy (non-hydrogen) atoms. The molecule has 0 atom stereocenters. The Morgan fingerprint density at radius 3 is 2.62 bits per heavy atom. The molecule has 0 saturated carbocycles. The van der Waals surface area contributed by atoms with Crippen molar-refractivity contribution in [2.24, 2.45) is 0 Å². The summed E-state index contributed by atoms with van der Waals surface area (Å²) in [6, 6.07) is 6.37. The summed E-state index contributed by atoms with van der Waals surface area (Å²) >= 11 is 0. The van der Waals surface area contributed by atoms with Gasteiger partial charge in [-0.25, -0.2) is 14.3 Å². The fourth-order valence-corrected chi connectivity index (χ4v) is 2.46. The Hall–Kier alpha value is -3.89. The number of fused-ring (bicyclic) bond motifs is 1. The van der Waals surface area contributed by atoms with Crippen molar-refractivity contribution >= 4 is 23.4 Å². The highest BCUT2D eigenvalue weighted by Gasteiger charge is 2.21. The number of carbonyl (C=O) groups is 3. The molecule has 0 radical (unpaired) electrons. The molecule has 2 aromatic heterocycles. The van der Waals surface area contributed by atoms with E-state index in [4.69, 9.17) is 4.74 Å². The Bertz CT molecular complexity index is 1070. The number of alkyl halides is 2. The van der Waals surface area contributed by atoms with Gasteiger partial charge < -0.3 is 9.47 Å². The van der Waals surface area contributed by atoms with Gasteiger partial charge in [0, 0.05) is 18.0 Å². The van der Waals surface area contributed by atoms with E-state index < -0.39 is 31.0 Å². The maximum absolute atomic E-state index is 12.3. The highest BCUT2D eigenvalue weighted by molar-refractivity contribution is 6.06. The second-order valence-corrected chi connectivity index (χ2v) is 5.70. The highest BCUT2D eigenvalue weighted by atomic mass is 19.3. The Balaban J connectivity index is 1.57. The third-order valence-corrected chi connectivity index (χ3v) is 3.70. The fraction of sp³-hybridized carbons (Fsp3) is 0.167. The smallest absolute Gasteiger partial charge is 0.387 e. The quantitative estimate of drug-likeness (QED) is 0.623. The van der Waals surface area contributed by atoms with Gasteiger partial charge in [-0.2, -0.15) is 13.9 Å². The molecule has 0 unspecified atom stereocenters. The Morgan fingerprint density at radius 1 is 1.21 bits per heavy atom. The van der Waals surface area contributed by atoms with E-state index in [0.717, 1.165) is 12.1 Å². The van der Waals surface area contributed by atoms with E-state index in [0.29, 0.717) is 5.69 Å². The third kappa shape index (κ3) is 4.69. The van der Waals surface area contributed by atoms with Crippen molar-refractivity contribution < 1.29 is 32.6 Å². The van der Waals surface area contributed by atoms with Crippen LogP contribution in [0.5, 0.6) is 5.75 Å². The number of nitrogens with one attached hydrogen (secondary N) is 1. The van der Waals surface area contributed by atoms with Crippen molar-refractivity contribution in [2.45, 2.75) is 13.5 Å². The van der Waals surface area contributed by atoms with Crippen LogP contribution < -0.4 is 10.1 Å². The minimum absolute atomic E-state index is 0.0361. The first-order valence-corrected chi connectivity index (χ1v) is 8.21. The second kappa shape index (κ2) is 8.42. The van der Waals surface area contributed by atoms with Gasteiger partial charge in [0.05, 0.1) is 5.69 Å². The van der Waals surface area contributed by atoms with E-state index in [1.807, 2.05) is 5.32 Å². The average molecular weight is 404 g/mol. The summed E-state index contributed by atoms with van der Waals surface area (Å²) in [5.74, 6) is -2.59. The van der Waals surface area contributed by atoms with Gasteiger partial charge in [-0.05, 0) is 37.3 Å². The summed E-state index contributed by atoms with van der Waals surface area (Å²) in [7, 11) is 0. The van der Waals surface area contributed by atoms with Crippen LogP contribution in [0.15, 0.2) is 42.7 Å². The molecule has 3 aromatic rings. The number of benzene rings is 1. The lowest BCUT2D eigenvalue weighted by molar-refractivity contribution is -0.123.